The Morgan fingerprint density at radius 1 is 1.11 bits per heavy atom. The molecule has 3 fully saturated rings. The van der Waals surface area contributed by atoms with Crippen LogP contribution in [-0.2, 0) is 11.2 Å². The van der Waals surface area contributed by atoms with E-state index in [1.165, 1.54) is 0 Å². The Morgan fingerprint density at radius 3 is 2.58 bits per heavy atom. The summed E-state index contributed by atoms with van der Waals surface area (Å²) in [4.78, 5) is 54.2. The maximum atomic E-state index is 12.6. The van der Waals surface area contributed by atoms with Gasteiger partial charge in [0.15, 0.2) is 11.5 Å². The zero-order valence-electron chi connectivity index (χ0n) is 26.7. The van der Waals surface area contributed by atoms with Crippen molar-refractivity contribution in [1.29, 1.82) is 0 Å². The van der Waals surface area contributed by atoms with Crippen molar-refractivity contribution < 1.29 is 23.9 Å². The predicted molar refractivity (Wildman–Crippen MR) is 169 cm³/mol. The van der Waals surface area contributed by atoms with Gasteiger partial charge in [-0.3, -0.25) is 4.79 Å². The molecule has 4 aliphatic heterocycles. The highest BCUT2D eigenvalue weighted by atomic mass is 16.6. The lowest BCUT2D eigenvalue weighted by molar-refractivity contribution is -0.0272. The second kappa shape index (κ2) is 11.9. The van der Waals surface area contributed by atoms with Crippen molar-refractivity contribution in [3.05, 3.63) is 35.7 Å². The fourth-order valence-corrected chi connectivity index (χ4v) is 6.73. The topological polar surface area (TPSA) is 146 Å². The average Bonchev–Trinajstić information content (AvgIpc) is 3.34. The number of nitrogens with two attached hydrogens (primary N) is 1. The molecule has 4 aliphatic rings. The van der Waals surface area contributed by atoms with Crippen LogP contribution in [0.5, 0.6) is 5.75 Å². The lowest BCUT2D eigenvalue weighted by Gasteiger charge is -2.44. The first-order valence-corrected chi connectivity index (χ1v) is 15.9. The number of amides is 4. The van der Waals surface area contributed by atoms with Crippen molar-refractivity contribution >= 4 is 35.4 Å². The molecule has 0 aliphatic carbocycles. The van der Waals surface area contributed by atoms with E-state index in [-0.39, 0.29) is 29.5 Å². The van der Waals surface area contributed by atoms with Crippen LogP contribution in [0.25, 0.3) is 0 Å². The minimum atomic E-state index is -0.667. The molecular weight excluding hydrogens is 576 g/mol. The molecule has 45 heavy (non-hydrogen) atoms. The molecule has 6 rings (SSSR count). The van der Waals surface area contributed by atoms with Gasteiger partial charge in [-0.2, -0.15) is 0 Å². The third-order valence-electron chi connectivity index (χ3n) is 9.23. The number of ether oxygens (including phenoxy) is 2. The van der Waals surface area contributed by atoms with Crippen LogP contribution >= 0.6 is 0 Å². The number of likely N-dealkylation sites (N-methyl/N-ethyl adjacent to an activating group) is 1. The van der Waals surface area contributed by atoms with E-state index in [1.54, 1.807) is 16.0 Å². The summed E-state index contributed by atoms with van der Waals surface area (Å²) in [6.45, 7) is 9.71. The minimum Gasteiger partial charge on any atom is -0.487 e. The molecule has 4 amide bonds. The third kappa shape index (κ3) is 6.57. The summed E-state index contributed by atoms with van der Waals surface area (Å²) < 4.78 is 12.1. The number of aryl methyl sites for hydroxylation is 1. The Bertz CT molecular complexity index is 1470. The Hall–Kier alpha value is -4.29. The molecule has 0 radical (unpaired) electrons. The molecular formula is C32H44N8O5. The summed E-state index contributed by atoms with van der Waals surface area (Å²) in [5.74, 6) is 1.09. The molecule has 2 aromatic rings. The van der Waals surface area contributed by atoms with E-state index in [1.807, 2.05) is 50.9 Å². The van der Waals surface area contributed by atoms with Crippen molar-refractivity contribution in [3.8, 4) is 5.75 Å². The highest BCUT2D eigenvalue weighted by molar-refractivity contribution is 5.96. The third-order valence-corrected chi connectivity index (χ3v) is 9.23. The number of anilines is 3. The first-order chi connectivity index (χ1) is 21.4. The number of benzene rings is 1. The first-order valence-electron chi connectivity index (χ1n) is 15.9. The van der Waals surface area contributed by atoms with Crippen LogP contribution in [0.1, 0.15) is 68.9 Å². The van der Waals surface area contributed by atoms with Gasteiger partial charge in [0, 0.05) is 64.8 Å². The summed E-state index contributed by atoms with van der Waals surface area (Å²) in [5, 5.41) is 3.28. The smallest absolute Gasteiger partial charge is 0.410 e. The molecule has 1 spiro atoms. The Labute approximate surface area is 264 Å². The van der Waals surface area contributed by atoms with Crippen molar-refractivity contribution in [1.82, 2.24) is 24.7 Å². The number of piperidine rings is 2. The predicted octanol–water partition coefficient (Wildman–Crippen LogP) is 3.75. The van der Waals surface area contributed by atoms with Gasteiger partial charge in [0.1, 0.15) is 22.8 Å². The molecule has 0 saturated carbocycles. The summed E-state index contributed by atoms with van der Waals surface area (Å²) in [7, 11) is 1.83. The van der Waals surface area contributed by atoms with Gasteiger partial charge < -0.3 is 40.1 Å². The monoisotopic (exact) mass is 620 g/mol. The maximum absolute atomic E-state index is 12.6. The highest BCUT2D eigenvalue weighted by Gasteiger charge is 2.41. The summed E-state index contributed by atoms with van der Waals surface area (Å²) in [6.07, 6.45) is 6.33. The molecule has 0 bridgehead atoms. The number of urea groups is 1. The summed E-state index contributed by atoms with van der Waals surface area (Å²) in [5.41, 5.74) is 6.73. The van der Waals surface area contributed by atoms with Crippen LogP contribution in [0.4, 0.5) is 26.9 Å². The van der Waals surface area contributed by atoms with Crippen LogP contribution in [-0.4, -0.2) is 106 Å². The molecule has 0 unspecified atom stereocenters. The molecule has 1 aromatic carbocycles. The molecule has 13 heteroatoms. The van der Waals surface area contributed by atoms with E-state index in [0.29, 0.717) is 31.3 Å². The van der Waals surface area contributed by atoms with Crippen LogP contribution in [0.15, 0.2) is 24.4 Å². The van der Waals surface area contributed by atoms with Crippen molar-refractivity contribution in [3.63, 3.8) is 0 Å². The van der Waals surface area contributed by atoms with Gasteiger partial charge in [-0.25, -0.2) is 19.6 Å². The van der Waals surface area contributed by atoms with Crippen LogP contribution in [0, 0.1) is 0 Å². The first kappa shape index (κ1) is 30.7. The van der Waals surface area contributed by atoms with Gasteiger partial charge in [-0.15, -0.1) is 0 Å². The lowest BCUT2D eigenvalue weighted by atomic mass is 9.83. The number of likely N-dealkylation sites (tertiary alicyclic amines) is 1. The number of hydrogen-bond acceptors (Lipinski definition) is 9. The lowest BCUT2D eigenvalue weighted by Crippen LogP contribution is -2.52. The van der Waals surface area contributed by atoms with E-state index >= 15 is 0 Å². The highest BCUT2D eigenvalue weighted by Crippen LogP contribution is 2.41. The molecule has 5 heterocycles. The molecule has 1 aromatic heterocycles. The van der Waals surface area contributed by atoms with E-state index in [0.717, 1.165) is 75.2 Å². The van der Waals surface area contributed by atoms with Gasteiger partial charge in [-0.1, -0.05) is 0 Å². The van der Waals surface area contributed by atoms with E-state index in [9.17, 15) is 14.4 Å². The van der Waals surface area contributed by atoms with Gasteiger partial charge in [-0.05, 0) is 70.2 Å². The second-order valence-corrected chi connectivity index (χ2v) is 13.6. The standard InChI is InChI=1S/C32H44N8O5/c1-31(2,3)45-30(43)38-14-11-32(12-15-38)10-9-21-18-22(7-8-24(21)44-32)35-28-26(27(33)41)34-19-25(36-28)39-13-5-6-23(20-39)40-17-16-37(4)29(40)42/h7-8,18-19,23H,5-6,9-17,20H2,1-4H3,(H2,33,41)(H,35,36)/t23-/m1/s1. The Kier molecular flexibility index (Phi) is 8.13. The van der Waals surface area contributed by atoms with E-state index < -0.39 is 11.5 Å². The number of carbonyl (C=O) groups is 3. The van der Waals surface area contributed by atoms with E-state index in [2.05, 4.69) is 15.2 Å². The number of nitrogens with one attached hydrogen (secondary N) is 1. The number of fused-ring (bicyclic) bond motifs is 1. The number of rotatable bonds is 5. The number of carbonyl (C=O) groups excluding carboxylic acids is 3. The van der Waals surface area contributed by atoms with Gasteiger partial charge in [0.25, 0.3) is 5.91 Å². The van der Waals surface area contributed by atoms with Gasteiger partial charge in [0.05, 0.1) is 12.2 Å². The fourth-order valence-electron chi connectivity index (χ4n) is 6.73. The Balaban J connectivity index is 1.13. The minimum absolute atomic E-state index is 0.0629. The number of hydrogen-bond donors (Lipinski definition) is 2. The van der Waals surface area contributed by atoms with E-state index in [4.69, 9.17) is 20.2 Å². The largest absolute Gasteiger partial charge is 0.487 e. The molecule has 13 nitrogen and oxygen atoms in total. The van der Waals surface area contributed by atoms with Crippen molar-refractivity contribution in [2.24, 2.45) is 5.73 Å². The maximum Gasteiger partial charge on any atom is 0.410 e. The normalized spacial score (nSPS) is 21.4. The van der Waals surface area contributed by atoms with Crippen molar-refractivity contribution in [2.75, 3.05) is 56.5 Å². The molecule has 242 valence electrons. The fraction of sp³-hybridized carbons (Fsp3) is 0.594. The zero-order chi connectivity index (χ0) is 31.9. The molecule has 3 N–H and O–H groups in total. The van der Waals surface area contributed by atoms with Crippen molar-refractivity contribution in [2.45, 2.75) is 76.5 Å². The zero-order valence-corrected chi connectivity index (χ0v) is 26.7. The quantitative estimate of drug-likeness (QED) is 0.510. The second-order valence-electron chi connectivity index (χ2n) is 13.6. The number of primary amides is 1. The van der Waals surface area contributed by atoms with Crippen LogP contribution in [0.2, 0.25) is 0 Å². The van der Waals surface area contributed by atoms with Gasteiger partial charge in [0.2, 0.25) is 0 Å². The van der Waals surface area contributed by atoms with Crippen LogP contribution in [0.3, 0.4) is 0 Å². The Morgan fingerprint density at radius 2 is 1.89 bits per heavy atom. The van der Waals surface area contributed by atoms with Crippen LogP contribution < -0.4 is 20.7 Å². The summed E-state index contributed by atoms with van der Waals surface area (Å²) >= 11 is 0. The molecule has 3 saturated heterocycles. The number of aromatic nitrogens is 2. The number of nitrogens with zero attached hydrogens (tertiary/aromatic N) is 6. The average molecular weight is 621 g/mol. The summed E-state index contributed by atoms with van der Waals surface area (Å²) in [6, 6.07) is 6.02. The van der Waals surface area contributed by atoms with Gasteiger partial charge >= 0.3 is 12.1 Å². The molecule has 1 atom stereocenters. The SMILES string of the molecule is CN1CCN([C@@H]2CCCN(c3cnc(C(N)=O)c(Nc4ccc5c(c4)CCC4(CCN(C(=O)OC(C)(C)C)CC4)O5)n3)C2)C1=O.